The number of benzene rings is 1. The number of amides is 1. The number of rotatable bonds is 7. The van der Waals surface area contributed by atoms with Crippen LogP contribution < -0.4 is 10.6 Å². The smallest absolute Gasteiger partial charge is 0.217 e. The number of carbonyl (C=O) groups is 1. The monoisotopic (exact) mass is 303 g/mol. The second-order valence-electron chi connectivity index (χ2n) is 4.92. The molecule has 0 fully saturated rings. The van der Waals surface area contributed by atoms with Crippen LogP contribution in [0.25, 0.3) is 11.3 Å². The molecule has 0 bridgehead atoms. The molecule has 4 nitrogen and oxygen atoms in total. The number of nitrogens with one attached hydrogen (secondary N) is 2. The van der Waals surface area contributed by atoms with Crippen molar-refractivity contribution in [3.63, 3.8) is 0 Å². The molecule has 0 spiro atoms. The van der Waals surface area contributed by atoms with Crippen LogP contribution in [0, 0.1) is 0 Å². The number of anilines is 1. The van der Waals surface area contributed by atoms with E-state index in [2.05, 4.69) is 27.9 Å². The van der Waals surface area contributed by atoms with Crippen molar-refractivity contribution in [2.24, 2.45) is 0 Å². The number of unbranched alkanes of at least 4 members (excludes halogenated alkanes) is 1. The van der Waals surface area contributed by atoms with Crippen LogP contribution in [0.2, 0.25) is 0 Å². The molecule has 0 saturated heterocycles. The molecule has 1 amide bonds. The molecule has 5 heteroatoms. The summed E-state index contributed by atoms with van der Waals surface area (Å²) in [6.07, 6.45) is 2.34. The molecule has 0 saturated carbocycles. The van der Waals surface area contributed by atoms with Gasteiger partial charge < -0.3 is 10.6 Å². The summed E-state index contributed by atoms with van der Waals surface area (Å²) >= 11 is 1.63. The maximum Gasteiger partial charge on any atom is 0.217 e. The summed E-state index contributed by atoms with van der Waals surface area (Å²) in [6.45, 7) is 5.24. The zero-order valence-electron chi connectivity index (χ0n) is 12.5. The average molecular weight is 303 g/mol. The highest BCUT2D eigenvalue weighted by molar-refractivity contribution is 7.14. The lowest BCUT2D eigenvalue weighted by Crippen LogP contribution is -2.18. The Morgan fingerprint density at radius 3 is 2.71 bits per heavy atom. The average Bonchev–Trinajstić information content (AvgIpc) is 2.95. The number of aromatic nitrogens is 1. The van der Waals surface area contributed by atoms with Gasteiger partial charge in [-0.05, 0) is 12.0 Å². The van der Waals surface area contributed by atoms with Crippen molar-refractivity contribution in [1.29, 1.82) is 0 Å². The van der Waals surface area contributed by atoms with E-state index in [-0.39, 0.29) is 5.91 Å². The van der Waals surface area contributed by atoms with Crippen LogP contribution in [0.3, 0.4) is 0 Å². The molecule has 0 aliphatic rings. The van der Waals surface area contributed by atoms with Gasteiger partial charge in [0.05, 0.1) is 5.69 Å². The van der Waals surface area contributed by atoms with Crippen LogP contribution in [-0.4, -0.2) is 17.4 Å². The summed E-state index contributed by atoms with van der Waals surface area (Å²) in [4.78, 5) is 15.5. The van der Waals surface area contributed by atoms with E-state index in [9.17, 15) is 4.79 Å². The van der Waals surface area contributed by atoms with E-state index in [1.807, 2.05) is 24.3 Å². The molecule has 21 heavy (non-hydrogen) atoms. The maximum atomic E-state index is 10.9. The van der Waals surface area contributed by atoms with Gasteiger partial charge in [0, 0.05) is 31.0 Å². The zero-order valence-corrected chi connectivity index (χ0v) is 13.3. The van der Waals surface area contributed by atoms with Gasteiger partial charge in [0.15, 0.2) is 5.13 Å². The normalized spacial score (nSPS) is 10.4. The third kappa shape index (κ3) is 4.86. The van der Waals surface area contributed by atoms with Crippen LogP contribution >= 0.6 is 11.3 Å². The third-order valence-electron chi connectivity index (χ3n) is 3.10. The molecular formula is C16H21N3OS. The Balaban J connectivity index is 1.96. The molecule has 0 unspecified atom stereocenters. The van der Waals surface area contributed by atoms with E-state index < -0.39 is 0 Å². The molecular weight excluding hydrogens is 282 g/mol. The van der Waals surface area contributed by atoms with Crippen LogP contribution in [-0.2, 0) is 11.3 Å². The van der Waals surface area contributed by atoms with Crippen LogP contribution in [0.1, 0.15) is 32.3 Å². The quantitative estimate of drug-likeness (QED) is 0.768. The fraction of sp³-hybridized carbons (Fsp3) is 0.375. The minimum atomic E-state index is -0.0126. The molecule has 112 valence electrons. The first-order valence-corrected chi connectivity index (χ1v) is 8.10. The minimum absolute atomic E-state index is 0.0126. The SMILES string of the molecule is CCCCNc1nc(-c2ccc(CNC(C)=O)cc2)cs1. The number of hydrogen-bond acceptors (Lipinski definition) is 4. The lowest BCUT2D eigenvalue weighted by atomic mass is 10.1. The lowest BCUT2D eigenvalue weighted by Gasteiger charge is -2.03. The van der Waals surface area contributed by atoms with Gasteiger partial charge in [-0.1, -0.05) is 37.6 Å². The van der Waals surface area contributed by atoms with E-state index in [0.717, 1.165) is 34.9 Å². The fourth-order valence-corrected chi connectivity index (χ4v) is 2.63. The minimum Gasteiger partial charge on any atom is -0.362 e. The Bertz CT molecular complexity index is 577. The highest BCUT2D eigenvalue weighted by atomic mass is 32.1. The van der Waals surface area contributed by atoms with Crippen molar-refractivity contribution in [1.82, 2.24) is 10.3 Å². The van der Waals surface area contributed by atoms with Crippen molar-refractivity contribution in [3.05, 3.63) is 35.2 Å². The Morgan fingerprint density at radius 1 is 1.29 bits per heavy atom. The molecule has 2 N–H and O–H groups in total. The van der Waals surface area contributed by atoms with Gasteiger partial charge >= 0.3 is 0 Å². The maximum absolute atomic E-state index is 10.9. The number of thiazole rings is 1. The summed E-state index contributed by atoms with van der Waals surface area (Å²) in [5, 5.41) is 9.17. The molecule has 1 aromatic carbocycles. The Labute approximate surface area is 129 Å². The largest absolute Gasteiger partial charge is 0.362 e. The molecule has 0 radical (unpaired) electrons. The standard InChI is InChI=1S/C16H21N3OS/c1-3-4-9-17-16-19-15(11-21-16)14-7-5-13(6-8-14)10-18-12(2)20/h5-8,11H,3-4,9-10H2,1-2H3,(H,17,19)(H,18,20). The van der Waals surface area contributed by atoms with E-state index >= 15 is 0 Å². The van der Waals surface area contributed by atoms with Crippen molar-refractivity contribution in [3.8, 4) is 11.3 Å². The second kappa shape index (κ2) is 7.78. The van der Waals surface area contributed by atoms with Gasteiger partial charge in [-0.15, -0.1) is 11.3 Å². The van der Waals surface area contributed by atoms with E-state index in [1.165, 1.54) is 13.3 Å². The molecule has 2 rings (SSSR count). The lowest BCUT2D eigenvalue weighted by molar-refractivity contribution is -0.119. The molecule has 1 heterocycles. The first-order chi connectivity index (χ1) is 10.2. The zero-order chi connectivity index (χ0) is 15.1. The second-order valence-corrected chi connectivity index (χ2v) is 5.78. The topological polar surface area (TPSA) is 54.0 Å². The highest BCUT2D eigenvalue weighted by Crippen LogP contribution is 2.25. The number of carbonyl (C=O) groups excluding carboxylic acids is 1. The van der Waals surface area contributed by atoms with E-state index in [4.69, 9.17) is 0 Å². The summed E-state index contributed by atoms with van der Waals surface area (Å²) in [5.41, 5.74) is 3.18. The summed E-state index contributed by atoms with van der Waals surface area (Å²) in [6, 6.07) is 8.13. The van der Waals surface area contributed by atoms with Crippen molar-refractivity contribution in [2.75, 3.05) is 11.9 Å². The number of nitrogens with zero attached hydrogens (tertiary/aromatic N) is 1. The van der Waals surface area contributed by atoms with Gasteiger partial charge in [0.2, 0.25) is 5.91 Å². The predicted molar refractivity (Wildman–Crippen MR) is 88.5 cm³/mol. The van der Waals surface area contributed by atoms with Crippen LogP contribution in [0.5, 0.6) is 0 Å². The van der Waals surface area contributed by atoms with Gasteiger partial charge in [-0.25, -0.2) is 4.98 Å². The Morgan fingerprint density at radius 2 is 2.05 bits per heavy atom. The van der Waals surface area contributed by atoms with Gasteiger partial charge in [0.1, 0.15) is 0 Å². The molecule has 0 aliphatic heterocycles. The van der Waals surface area contributed by atoms with Gasteiger partial charge in [-0.2, -0.15) is 0 Å². The number of hydrogen-bond donors (Lipinski definition) is 2. The highest BCUT2D eigenvalue weighted by Gasteiger charge is 2.04. The summed E-state index contributed by atoms with van der Waals surface area (Å²) in [5.74, 6) is -0.0126. The van der Waals surface area contributed by atoms with E-state index in [0.29, 0.717) is 6.54 Å². The van der Waals surface area contributed by atoms with Crippen molar-refractivity contribution >= 4 is 22.4 Å². The molecule has 0 aliphatic carbocycles. The van der Waals surface area contributed by atoms with Crippen molar-refractivity contribution < 1.29 is 4.79 Å². The fourth-order valence-electron chi connectivity index (χ4n) is 1.88. The first kappa shape index (κ1) is 15.5. The molecule has 0 atom stereocenters. The first-order valence-electron chi connectivity index (χ1n) is 7.22. The van der Waals surface area contributed by atoms with Crippen molar-refractivity contribution in [2.45, 2.75) is 33.2 Å². The van der Waals surface area contributed by atoms with Crippen LogP contribution in [0.15, 0.2) is 29.6 Å². The molecule has 1 aromatic heterocycles. The third-order valence-corrected chi connectivity index (χ3v) is 3.90. The van der Waals surface area contributed by atoms with E-state index in [1.54, 1.807) is 11.3 Å². The van der Waals surface area contributed by atoms with Gasteiger partial charge in [-0.3, -0.25) is 4.79 Å². The van der Waals surface area contributed by atoms with Gasteiger partial charge in [0.25, 0.3) is 0 Å². The Hall–Kier alpha value is -1.88. The summed E-state index contributed by atoms with van der Waals surface area (Å²) < 4.78 is 0. The summed E-state index contributed by atoms with van der Waals surface area (Å²) in [7, 11) is 0. The molecule has 2 aromatic rings. The Kier molecular flexibility index (Phi) is 5.75. The predicted octanol–water partition coefficient (Wildman–Crippen LogP) is 3.66. The van der Waals surface area contributed by atoms with Crippen LogP contribution in [0.4, 0.5) is 5.13 Å².